The molecule has 2 rings (SSSR count). The first kappa shape index (κ1) is 14.8. The Morgan fingerprint density at radius 3 is 2.45 bits per heavy atom. The van der Waals surface area contributed by atoms with Crippen LogP contribution in [0.5, 0.6) is 0 Å². The van der Waals surface area contributed by atoms with Crippen LogP contribution in [0.2, 0.25) is 0 Å². The van der Waals surface area contributed by atoms with E-state index in [0.717, 1.165) is 14.8 Å². The molecule has 0 saturated carbocycles. The van der Waals surface area contributed by atoms with Gasteiger partial charge in [-0.1, -0.05) is 23.8 Å². The number of hydrogen-bond acceptors (Lipinski definition) is 1. The van der Waals surface area contributed by atoms with Crippen LogP contribution in [0.3, 0.4) is 0 Å². The van der Waals surface area contributed by atoms with Gasteiger partial charge in [-0.3, -0.25) is 4.79 Å². The Bertz CT molecular complexity index is 645. The fourth-order valence-electron chi connectivity index (χ4n) is 1.90. The molecule has 0 aromatic heterocycles. The average molecular weight is 377 g/mol. The largest absolute Gasteiger partial charge is 0.323 e. The van der Waals surface area contributed by atoms with Gasteiger partial charge in [-0.05, 0) is 77.9 Å². The molecule has 0 saturated heterocycles. The first-order chi connectivity index (χ1) is 9.54. The monoisotopic (exact) mass is 377 g/mol. The normalized spacial score (nSPS) is 10.8. The topological polar surface area (TPSA) is 29.1 Å². The van der Waals surface area contributed by atoms with Crippen molar-refractivity contribution in [2.75, 3.05) is 5.32 Å². The molecule has 102 valence electrons. The van der Waals surface area contributed by atoms with Crippen molar-refractivity contribution in [2.45, 2.75) is 13.8 Å². The molecule has 0 aliphatic heterocycles. The van der Waals surface area contributed by atoms with Crippen LogP contribution in [0.25, 0.3) is 6.08 Å². The summed E-state index contributed by atoms with van der Waals surface area (Å²) in [5.74, 6) is -0.119. The standard InChI is InChI=1S/C17H16INO/c1-12-3-4-14(13(2)11-12)5-10-17(20)19-16-8-6-15(18)7-9-16/h3-11H,1-2H3,(H,19,20). The molecular formula is C17H16INO. The van der Waals surface area contributed by atoms with Gasteiger partial charge in [0.05, 0.1) is 0 Å². The van der Waals surface area contributed by atoms with Gasteiger partial charge in [-0.25, -0.2) is 0 Å². The van der Waals surface area contributed by atoms with Crippen molar-refractivity contribution in [2.24, 2.45) is 0 Å². The Labute approximate surface area is 133 Å². The van der Waals surface area contributed by atoms with Crippen molar-refractivity contribution >= 4 is 40.3 Å². The molecule has 0 heterocycles. The Balaban J connectivity index is 2.03. The average Bonchev–Trinajstić information content (AvgIpc) is 2.40. The van der Waals surface area contributed by atoms with E-state index in [0.29, 0.717) is 0 Å². The smallest absolute Gasteiger partial charge is 0.248 e. The summed E-state index contributed by atoms with van der Waals surface area (Å²) < 4.78 is 1.14. The van der Waals surface area contributed by atoms with Crippen molar-refractivity contribution < 1.29 is 4.79 Å². The van der Waals surface area contributed by atoms with Gasteiger partial charge in [0, 0.05) is 15.3 Å². The summed E-state index contributed by atoms with van der Waals surface area (Å²) in [5.41, 5.74) is 4.26. The number of anilines is 1. The third-order valence-corrected chi connectivity index (χ3v) is 3.67. The van der Waals surface area contributed by atoms with E-state index in [4.69, 9.17) is 0 Å². The maximum Gasteiger partial charge on any atom is 0.248 e. The van der Waals surface area contributed by atoms with Crippen LogP contribution >= 0.6 is 22.6 Å². The third-order valence-electron chi connectivity index (χ3n) is 2.95. The number of aryl methyl sites for hydroxylation is 2. The van der Waals surface area contributed by atoms with E-state index in [-0.39, 0.29) is 5.91 Å². The molecule has 0 spiro atoms. The summed E-state index contributed by atoms with van der Waals surface area (Å²) in [7, 11) is 0. The lowest BCUT2D eigenvalue weighted by molar-refractivity contribution is -0.111. The van der Waals surface area contributed by atoms with Gasteiger partial charge in [0.1, 0.15) is 0 Å². The highest BCUT2D eigenvalue weighted by Crippen LogP contribution is 2.13. The lowest BCUT2D eigenvalue weighted by atomic mass is 10.1. The second kappa shape index (κ2) is 6.70. The Morgan fingerprint density at radius 1 is 1.10 bits per heavy atom. The molecule has 0 aliphatic rings. The molecule has 1 amide bonds. The number of hydrogen-bond donors (Lipinski definition) is 1. The van der Waals surface area contributed by atoms with Gasteiger partial charge in [0.25, 0.3) is 0 Å². The molecule has 2 nitrogen and oxygen atoms in total. The predicted octanol–water partition coefficient (Wildman–Crippen LogP) is 4.56. The minimum Gasteiger partial charge on any atom is -0.323 e. The Hall–Kier alpha value is -1.62. The molecule has 3 heteroatoms. The molecule has 0 fully saturated rings. The summed E-state index contributed by atoms with van der Waals surface area (Å²) in [6, 6.07) is 13.9. The molecule has 0 aliphatic carbocycles. The summed E-state index contributed by atoms with van der Waals surface area (Å²) in [5, 5.41) is 2.84. The zero-order valence-corrected chi connectivity index (χ0v) is 13.6. The number of nitrogens with one attached hydrogen (secondary N) is 1. The van der Waals surface area contributed by atoms with Gasteiger partial charge < -0.3 is 5.32 Å². The highest BCUT2D eigenvalue weighted by atomic mass is 127. The summed E-state index contributed by atoms with van der Waals surface area (Å²) in [4.78, 5) is 11.8. The van der Waals surface area contributed by atoms with E-state index in [1.54, 1.807) is 6.08 Å². The number of rotatable bonds is 3. The Kier molecular flexibility index (Phi) is 4.95. The number of amides is 1. The van der Waals surface area contributed by atoms with Crippen LogP contribution < -0.4 is 5.32 Å². The molecule has 2 aromatic carbocycles. The summed E-state index contributed by atoms with van der Waals surface area (Å²) >= 11 is 2.23. The second-order valence-electron chi connectivity index (χ2n) is 4.69. The zero-order chi connectivity index (χ0) is 14.5. The van der Waals surface area contributed by atoms with Crippen LogP contribution in [0.15, 0.2) is 48.5 Å². The van der Waals surface area contributed by atoms with Gasteiger partial charge in [0.15, 0.2) is 0 Å². The van der Waals surface area contributed by atoms with Crippen LogP contribution in [0.1, 0.15) is 16.7 Å². The maximum absolute atomic E-state index is 11.8. The number of halogens is 1. The quantitative estimate of drug-likeness (QED) is 0.617. The van der Waals surface area contributed by atoms with Crippen molar-refractivity contribution in [1.29, 1.82) is 0 Å². The molecule has 0 radical (unpaired) electrons. The van der Waals surface area contributed by atoms with Crippen molar-refractivity contribution in [3.63, 3.8) is 0 Å². The number of carbonyl (C=O) groups excluding carboxylic acids is 1. The van der Waals surface area contributed by atoms with Crippen LogP contribution in [0, 0.1) is 17.4 Å². The van der Waals surface area contributed by atoms with E-state index >= 15 is 0 Å². The SMILES string of the molecule is Cc1ccc(C=CC(=O)Nc2ccc(I)cc2)c(C)c1. The van der Waals surface area contributed by atoms with Crippen LogP contribution in [-0.2, 0) is 4.79 Å². The lowest BCUT2D eigenvalue weighted by Gasteiger charge is -2.03. The van der Waals surface area contributed by atoms with Gasteiger partial charge in [0.2, 0.25) is 5.91 Å². The zero-order valence-electron chi connectivity index (χ0n) is 11.5. The molecule has 0 unspecified atom stereocenters. The summed E-state index contributed by atoms with van der Waals surface area (Å²) in [6.07, 6.45) is 3.41. The third kappa shape index (κ3) is 4.20. The second-order valence-corrected chi connectivity index (χ2v) is 5.94. The van der Waals surface area contributed by atoms with E-state index < -0.39 is 0 Å². The molecule has 0 bridgehead atoms. The number of carbonyl (C=O) groups is 1. The molecule has 1 N–H and O–H groups in total. The minimum absolute atomic E-state index is 0.119. The Morgan fingerprint density at radius 2 is 1.80 bits per heavy atom. The number of benzene rings is 2. The van der Waals surface area contributed by atoms with E-state index in [1.807, 2.05) is 49.4 Å². The fraction of sp³-hybridized carbons (Fsp3) is 0.118. The van der Waals surface area contributed by atoms with Crippen molar-refractivity contribution in [3.05, 3.63) is 68.8 Å². The van der Waals surface area contributed by atoms with Gasteiger partial charge >= 0.3 is 0 Å². The van der Waals surface area contributed by atoms with E-state index in [2.05, 4.69) is 40.9 Å². The fourth-order valence-corrected chi connectivity index (χ4v) is 2.25. The van der Waals surface area contributed by atoms with Crippen molar-refractivity contribution in [1.82, 2.24) is 0 Å². The summed E-state index contributed by atoms with van der Waals surface area (Å²) in [6.45, 7) is 4.10. The van der Waals surface area contributed by atoms with E-state index in [1.165, 1.54) is 11.1 Å². The minimum atomic E-state index is -0.119. The molecule has 2 aromatic rings. The highest BCUT2D eigenvalue weighted by Gasteiger charge is 1.99. The maximum atomic E-state index is 11.8. The van der Waals surface area contributed by atoms with Crippen molar-refractivity contribution in [3.8, 4) is 0 Å². The predicted molar refractivity (Wildman–Crippen MR) is 92.7 cm³/mol. The molecule has 0 atom stereocenters. The van der Waals surface area contributed by atoms with Crippen LogP contribution in [0.4, 0.5) is 5.69 Å². The first-order valence-corrected chi connectivity index (χ1v) is 7.44. The first-order valence-electron chi connectivity index (χ1n) is 6.36. The van der Waals surface area contributed by atoms with Gasteiger partial charge in [-0.2, -0.15) is 0 Å². The van der Waals surface area contributed by atoms with E-state index in [9.17, 15) is 4.79 Å². The lowest BCUT2D eigenvalue weighted by Crippen LogP contribution is -2.07. The highest BCUT2D eigenvalue weighted by molar-refractivity contribution is 14.1. The van der Waals surface area contributed by atoms with Gasteiger partial charge in [-0.15, -0.1) is 0 Å². The molecular weight excluding hydrogens is 361 g/mol. The molecule has 20 heavy (non-hydrogen) atoms. The van der Waals surface area contributed by atoms with Crippen LogP contribution in [-0.4, -0.2) is 5.91 Å².